The van der Waals surface area contributed by atoms with Gasteiger partial charge in [0.05, 0.1) is 0 Å². The lowest BCUT2D eigenvalue weighted by Gasteiger charge is -2.21. The van der Waals surface area contributed by atoms with Crippen LogP contribution in [0, 0.1) is 5.92 Å². The van der Waals surface area contributed by atoms with Gasteiger partial charge in [0, 0.05) is 0 Å². The molecule has 0 radical (unpaired) electrons. The molecule has 0 aromatic carbocycles. The van der Waals surface area contributed by atoms with Crippen molar-refractivity contribution in [2.75, 3.05) is 6.54 Å². The summed E-state index contributed by atoms with van der Waals surface area (Å²) in [5, 5.41) is 0. The lowest BCUT2D eigenvalue weighted by molar-refractivity contribution is 0.356. The molecule has 0 unspecified atom stereocenters. The zero-order valence-corrected chi connectivity index (χ0v) is 10.8. The molecular formula is C7H19NOSi2. The molecular weight excluding hydrogens is 170 g/mol. The average Bonchev–Trinajstić information content (AvgIpc) is 2.07. The van der Waals surface area contributed by atoms with Gasteiger partial charge in [0.2, 0.25) is 9.92 Å². The first-order chi connectivity index (χ1) is 5.43. The maximum absolute atomic E-state index is 5.20. The highest BCUT2D eigenvalue weighted by atomic mass is 28.3. The molecule has 0 bridgehead atoms. The van der Waals surface area contributed by atoms with Crippen LogP contribution in [0.5, 0.6) is 0 Å². The molecule has 11 heavy (non-hydrogen) atoms. The van der Waals surface area contributed by atoms with E-state index in [1.165, 1.54) is 38.6 Å². The summed E-state index contributed by atoms with van der Waals surface area (Å²) in [6, 6.07) is 0. The van der Waals surface area contributed by atoms with E-state index in [4.69, 9.17) is 4.12 Å². The predicted molar refractivity (Wildman–Crippen MR) is 54.1 cm³/mol. The van der Waals surface area contributed by atoms with Crippen LogP contribution in [0.4, 0.5) is 0 Å². The van der Waals surface area contributed by atoms with Crippen molar-refractivity contribution in [1.29, 1.82) is 0 Å². The third-order valence-electron chi connectivity index (χ3n) is 2.40. The third-order valence-corrected chi connectivity index (χ3v) is 4.05. The van der Waals surface area contributed by atoms with E-state index in [0.717, 1.165) is 16.4 Å². The second-order valence-corrected chi connectivity index (χ2v) is 6.49. The van der Waals surface area contributed by atoms with Crippen LogP contribution in [0.15, 0.2) is 0 Å². The first kappa shape index (κ1) is 9.44. The summed E-state index contributed by atoms with van der Waals surface area (Å²) in [4.78, 5) is 3.46. The van der Waals surface area contributed by atoms with Crippen molar-refractivity contribution in [3.63, 3.8) is 0 Å². The van der Waals surface area contributed by atoms with Crippen LogP contribution in [-0.4, -0.2) is 27.0 Å². The lowest BCUT2D eigenvalue weighted by Crippen LogP contribution is -2.28. The quantitative estimate of drug-likeness (QED) is 0.473. The van der Waals surface area contributed by atoms with Crippen molar-refractivity contribution in [3.05, 3.63) is 0 Å². The molecule has 0 atom stereocenters. The first-order valence-corrected chi connectivity index (χ1v) is 6.73. The van der Waals surface area contributed by atoms with Gasteiger partial charge in [0.1, 0.15) is 10.5 Å². The van der Waals surface area contributed by atoms with Crippen LogP contribution < -0.4 is 4.98 Å². The van der Waals surface area contributed by atoms with Crippen LogP contribution in [0.25, 0.3) is 0 Å². The van der Waals surface area contributed by atoms with E-state index in [2.05, 4.69) is 4.98 Å². The molecule has 0 spiro atoms. The largest absolute Gasteiger partial charge is 0.457 e. The maximum atomic E-state index is 5.20. The van der Waals surface area contributed by atoms with Crippen LogP contribution in [-0.2, 0) is 4.12 Å². The normalized spacial score (nSPS) is 21.8. The molecule has 0 aromatic rings. The topological polar surface area (TPSA) is 21.3 Å². The standard InChI is InChI=1S/C7H19NOSi2/c10-9-11-8-6-7-4-2-1-3-5-7/h7-8H,1-6,11H2,10H3. The molecule has 2 nitrogen and oxygen atoms in total. The zero-order valence-electron chi connectivity index (χ0n) is 7.44. The number of hydrogen-bond acceptors (Lipinski definition) is 2. The van der Waals surface area contributed by atoms with Gasteiger partial charge >= 0.3 is 0 Å². The molecule has 1 rings (SSSR count). The molecule has 1 aliphatic carbocycles. The summed E-state index contributed by atoms with van der Waals surface area (Å²) in [5.74, 6) is 0.966. The molecule has 4 heteroatoms. The second kappa shape index (κ2) is 5.94. The van der Waals surface area contributed by atoms with Gasteiger partial charge in [-0.1, -0.05) is 19.3 Å². The van der Waals surface area contributed by atoms with Gasteiger partial charge < -0.3 is 9.10 Å². The summed E-state index contributed by atoms with van der Waals surface area (Å²) >= 11 is 0. The Labute approximate surface area is 74.7 Å². The first-order valence-electron chi connectivity index (χ1n) is 4.63. The summed E-state index contributed by atoms with van der Waals surface area (Å²) in [6.45, 7) is 1.23. The molecule has 1 aliphatic rings. The third kappa shape index (κ3) is 4.05. The van der Waals surface area contributed by atoms with Crippen molar-refractivity contribution >= 4 is 20.4 Å². The monoisotopic (exact) mass is 189 g/mol. The molecule has 0 amide bonds. The van der Waals surface area contributed by atoms with Crippen molar-refractivity contribution in [2.45, 2.75) is 32.1 Å². The van der Waals surface area contributed by atoms with Gasteiger partial charge in [-0.2, -0.15) is 0 Å². The van der Waals surface area contributed by atoms with E-state index < -0.39 is 0 Å². The highest BCUT2D eigenvalue weighted by molar-refractivity contribution is 6.31. The van der Waals surface area contributed by atoms with Gasteiger partial charge in [-0.25, -0.2) is 0 Å². The Balaban J connectivity index is 1.96. The summed E-state index contributed by atoms with van der Waals surface area (Å²) in [7, 11) is 0.605. The second-order valence-electron chi connectivity index (χ2n) is 3.39. The van der Waals surface area contributed by atoms with Crippen molar-refractivity contribution in [2.24, 2.45) is 5.92 Å². The Morgan fingerprint density at radius 2 is 2.09 bits per heavy atom. The van der Waals surface area contributed by atoms with E-state index in [-0.39, 0.29) is 9.92 Å². The van der Waals surface area contributed by atoms with Gasteiger partial charge in [-0.05, 0) is 25.3 Å². The Hall–Kier alpha value is 0.354. The van der Waals surface area contributed by atoms with Gasteiger partial charge in [-0.15, -0.1) is 0 Å². The predicted octanol–water partition coefficient (Wildman–Crippen LogP) is -0.548. The van der Waals surface area contributed by atoms with E-state index >= 15 is 0 Å². The minimum atomic E-state index is -0.312. The fourth-order valence-corrected chi connectivity index (χ4v) is 3.10. The highest BCUT2D eigenvalue weighted by Gasteiger charge is 2.11. The molecule has 66 valence electrons. The van der Waals surface area contributed by atoms with Crippen LogP contribution >= 0.6 is 0 Å². The number of nitrogens with one attached hydrogen (secondary N) is 1. The Morgan fingerprint density at radius 3 is 2.73 bits per heavy atom. The molecule has 1 saturated carbocycles. The van der Waals surface area contributed by atoms with Crippen LogP contribution in [0.2, 0.25) is 0 Å². The average molecular weight is 189 g/mol. The highest BCUT2D eigenvalue weighted by Crippen LogP contribution is 2.22. The van der Waals surface area contributed by atoms with Gasteiger partial charge in [-0.3, -0.25) is 0 Å². The van der Waals surface area contributed by atoms with E-state index in [9.17, 15) is 0 Å². The minimum absolute atomic E-state index is 0.312. The maximum Gasteiger partial charge on any atom is 0.223 e. The van der Waals surface area contributed by atoms with Crippen molar-refractivity contribution < 1.29 is 4.12 Å². The molecule has 0 saturated heterocycles. The number of hydrogen-bond donors (Lipinski definition) is 1. The molecule has 0 heterocycles. The molecule has 1 fully saturated rings. The fourth-order valence-electron chi connectivity index (χ4n) is 1.76. The SMILES string of the molecule is [SiH3]O[SiH2]NCC1CCCCC1. The Morgan fingerprint density at radius 1 is 1.36 bits per heavy atom. The van der Waals surface area contributed by atoms with E-state index in [0.29, 0.717) is 0 Å². The fraction of sp³-hybridized carbons (Fsp3) is 1.00. The Kier molecular flexibility index (Phi) is 5.09. The van der Waals surface area contributed by atoms with Crippen molar-refractivity contribution in [3.8, 4) is 0 Å². The lowest BCUT2D eigenvalue weighted by atomic mass is 9.90. The van der Waals surface area contributed by atoms with Gasteiger partial charge in [0.25, 0.3) is 0 Å². The summed E-state index contributed by atoms with van der Waals surface area (Å²) in [5.41, 5.74) is 0. The van der Waals surface area contributed by atoms with E-state index in [1.54, 1.807) is 0 Å². The molecule has 1 N–H and O–H groups in total. The summed E-state index contributed by atoms with van der Waals surface area (Å²) in [6.07, 6.45) is 7.27. The van der Waals surface area contributed by atoms with Crippen molar-refractivity contribution in [1.82, 2.24) is 4.98 Å². The number of rotatable bonds is 4. The van der Waals surface area contributed by atoms with E-state index in [1.807, 2.05) is 0 Å². The molecule has 0 aromatic heterocycles. The van der Waals surface area contributed by atoms with Gasteiger partial charge in [0.15, 0.2) is 0 Å². The summed E-state index contributed by atoms with van der Waals surface area (Å²) < 4.78 is 5.20. The molecule has 0 aliphatic heterocycles. The van der Waals surface area contributed by atoms with Crippen LogP contribution in [0.3, 0.4) is 0 Å². The smallest absolute Gasteiger partial charge is 0.223 e. The minimum Gasteiger partial charge on any atom is -0.457 e. The zero-order chi connectivity index (χ0) is 7.94. The Bertz CT molecular complexity index is 96.4. The van der Waals surface area contributed by atoms with Crippen LogP contribution in [0.1, 0.15) is 32.1 Å².